The van der Waals surface area contributed by atoms with Crippen molar-refractivity contribution in [2.45, 2.75) is 6.54 Å². The van der Waals surface area contributed by atoms with Gasteiger partial charge in [-0.2, -0.15) is 0 Å². The zero-order valence-electron chi connectivity index (χ0n) is 11.0. The summed E-state index contributed by atoms with van der Waals surface area (Å²) < 4.78 is 20.0. The number of hydrogen-bond donors (Lipinski definition) is 1. The van der Waals surface area contributed by atoms with Gasteiger partial charge in [0.25, 0.3) is 0 Å². The highest BCUT2D eigenvalue weighted by Crippen LogP contribution is 2.26. The van der Waals surface area contributed by atoms with Crippen LogP contribution >= 0.6 is 27.5 Å². The van der Waals surface area contributed by atoms with E-state index in [0.717, 1.165) is 10.0 Å². The van der Waals surface area contributed by atoms with E-state index in [4.69, 9.17) is 22.8 Å². The van der Waals surface area contributed by atoms with Crippen molar-refractivity contribution in [1.29, 1.82) is 0 Å². The molecule has 0 aromatic heterocycles. The van der Waals surface area contributed by atoms with Gasteiger partial charge < -0.3 is 10.1 Å². The topological polar surface area (TPSA) is 21.3 Å². The number of hydrogen-bond acceptors (Lipinski definition) is 2. The van der Waals surface area contributed by atoms with Crippen molar-refractivity contribution in [2.75, 3.05) is 11.9 Å². The molecule has 2 aromatic rings. The minimum absolute atomic E-state index is 0.181. The fraction of sp³-hybridized carbons (Fsp3) is 0.125. The second-order valence-corrected chi connectivity index (χ2v) is 5.57. The fourth-order valence-electron chi connectivity index (χ4n) is 1.77. The van der Waals surface area contributed by atoms with Gasteiger partial charge in [0.15, 0.2) is 0 Å². The largest absolute Gasteiger partial charge is 0.481 e. The van der Waals surface area contributed by atoms with E-state index < -0.39 is 0 Å². The number of rotatable bonds is 5. The average Bonchev–Trinajstić information content (AvgIpc) is 2.47. The zero-order valence-corrected chi connectivity index (χ0v) is 13.3. The van der Waals surface area contributed by atoms with Crippen molar-refractivity contribution >= 4 is 33.2 Å². The second-order valence-electron chi connectivity index (χ2n) is 4.22. The van der Waals surface area contributed by atoms with Crippen LogP contribution in [0.2, 0.25) is 5.02 Å². The van der Waals surface area contributed by atoms with E-state index in [9.17, 15) is 4.39 Å². The molecule has 0 aliphatic heterocycles. The lowest BCUT2D eigenvalue weighted by atomic mass is 10.2. The highest BCUT2D eigenvalue weighted by molar-refractivity contribution is 9.10. The van der Waals surface area contributed by atoms with Crippen LogP contribution in [0.4, 0.5) is 10.1 Å². The molecule has 0 aliphatic carbocycles. The Labute approximate surface area is 136 Å². The SMILES string of the molecule is C#CCOc1ccc(Br)cc1CNc1cc(Cl)ccc1F. The Morgan fingerprint density at radius 1 is 1.29 bits per heavy atom. The van der Waals surface area contributed by atoms with Gasteiger partial charge in [-0.1, -0.05) is 33.5 Å². The lowest BCUT2D eigenvalue weighted by molar-refractivity contribution is 0.366. The lowest BCUT2D eigenvalue weighted by Gasteiger charge is -2.13. The summed E-state index contributed by atoms with van der Waals surface area (Å²) in [6.45, 7) is 0.566. The normalized spacial score (nSPS) is 10.0. The molecule has 0 aliphatic rings. The predicted octanol–water partition coefficient (Wildman–Crippen LogP) is 4.87. The zero-order chi connectivity index (χ0) is 15.2. The van der Waals surface area contributed by atoms with Gasteiger partial charge in [-0.25, -0.2) is 4.39 Å². The third kappa shape index (κ3) is 4.38. The van der Waals surface area contributed by atoms with Crippen molar-refractivity contribution in [3.05, 3.63) is 57.3 Å². The van der Waals surface area contributed by atoms with Crippen molar-refractivity contribution in [3.8, 4) is 18.1 Å². The molecule has 21 heavy (non-hydrogen) atoms. The summed E-state index contributed by atoms with van der Waals surface area (Å²) in [5, 5.41) is 3.47. The molecule has 5 heteroatoms. The molecule has 2 aromatic carbocycles. The van der Waals surface area contributed by atoms with Crippen molar-refractivity contribution in [3.63, 3.8) is 0 Å². The van der Waals surface area contributed by atoms with Crippen LogP contribution in [0.3, 0.4) is 0 Å². The summed E-state index contributed by atoms with van der Waals surface area (Å²) in [5.74, 6) is 2.71. The Bertz CT molecular complexity index is 684. The molecule has 0 heterocycles. The Morgan fingerprint density at radius 3 is 2.86 bits per heavy atom. The maximum absolute atomic E-state index is 13.7. The fourth-order valence-corrected chi connectivity index (χ4v) is 2.35. The number of ether oxygens (including phenoxy) is 1. The Balaban J connectivity index is 2.17. The molecule has 0 saturated heterocycles. The minimum atomic E-state index is -0.361. The van der Waals surface area contributed by atoms with Crippen LogP contribution in [0, 0.1) is 18.2 Å². The first-order valence-electron chi connectivity index (χ1n) is 6.14. The van der Waals surface area contributed by atoms with Gasteiger partial charge in [0.05, 0.1) is 5.69 Å². The van der Waals surface area contributed by atoms with Gasteiger partial charge in [-0.15, -0.1) is 6.42 Å². The number of benzene rings is 2. The first kappa shape index (κ1) is 15.7. The maximum Gasteiger partial charge on any atom is 0.148 e. The molecular formula is C16H12BrClFNO. The third-order valence-electron chi connectivity index (χ3n) is 2.73. The highest BCUT2D eigenvalue weighted by atomic mass is 79.9. The standard InChI is InChI=1S/C16H12BrClFNO/c1-2-7-21-16-6-3-12(17)8-11(16)10-20-15-9-13(18)4-5-14(15)19/h1,3-6,8-9,20H,7,10H2. The molecule has 0 atom stereocenters. The average molecular weight is 369 g/mol. The molecule has 2 rings (SSSR count). The van der Waals surface area contributed by atoms with Crippen molar-refractivity contribution < 1.29 is 9.13 Å². The van der Waals surface area contributed by atoms with Crippen molar-refractivity contribution in [1.82, 2.24) is 0 Å². The number of halogens is 3. The molecule has 0 bridgehead atoms. The van der Waals surface area contributed by atoms with E-state index in [2.05, 4.69) is 27.2 Å². The highest BCUT2D eigenvalue weighted by Gasteiger charge is 2.07. The molecule has 1 N–H and O–H groups in total. The monoisotopic (exact) mass is 367 g/mol. The van der Waals surface area contributed by atoms with Gasteiger partial charge >= 0.3 is 0 Å². The molecule has 0 spiro atoms. The van der Waals surface area contributed by atoms with E-state index in [-0.39, 0.29) is 12.4 Å². The van der Waals surface area contributed by atoms with E-state index in [1.807, 2.05) is 18.2 Å². The molecule has 108 valence electrons. The maximum atomic E-state index is 13.7. The molecule has 0 fully saturated rings. The van der Waals surface area contributed by atoms with E-state index in [0.29, 0.717) is 23.0 Å². The molecule has 0 radical (unpaired) electrons. The van der Waals surface area contributed by atoms with Gasteiger partial charge in [0.2, 0.25) is 0 Å². The van der Waals surface area contributed by atoms with E-state index in [1.54, 1.807) is 0 Å². The van der Waals surface area contributed by atoms with Crippen LogP contribution in [0.25, 0.3) is 0 Å². The minimum Gasteiger partial charge on any atom is -0.481 e. The van der Waals surface area contributed by atoms with Crippen molar-refractivity contribution in [2.24, 2.45) is 0 Å². The molecular weight excluding hydrogens is 357 g/mol. The summed E-state index contributed by atoms with van der Waals surface area (Å²) in [6, 6.07) is 9.92. The van der Waals surface area contributed by atoms with Crippen LogP contribution in [0.15, 0.2) is 40.9 Å². The van der Waals surface area contributed by atoms with Gasteiger partial charge in [0, 0.05) is 21.6 Å². The molecule has 2 nitrogen and oxygen atoms in total. The smallest absolute Gasteiger partial charge is 0.148 e. The van der Waals surface area contributed by atoms with Crippen LogP contribution in [0.1, 0.15) is 5.56 Å². The quantitative estimate of drug-likeness (QED) is 0.761. The lowest BCUT2D eigenvalue weighted by Crippen LogP contribution is -2.05. The van der Waals surface area contributed by atoms with Gasteiger partial charge in [-0.3, -0.25) is 0 Å². The summed E-state index contributed by atoms with van der Waals surface area (Å²) in [7, 11) is 0. The second kappa shape index (κ2) is 7.35. The van der Waals surface area contributed by atoms with E-state index in [1.165, 1.54) is 18.2 Å². The molecule has 0 amide bonds. The Hall–Kier alpha value is -1.70. The summed E-state index contributed by atoms with van der Waals surface area (Å²) >= 11 is 9.26. The van der Waals surface area contributed by atoms with Crippen LogP contribution < -0.4 is 10.1 Å². The molecule has 0 saturated carbocycles. The van der Waals surface area contributed by atoms with Crippen LogP contribution in [-0.4, -0.2) is 6.61 Å². The van der Waals surface area contributed by atoms with Crippen LogP contribution in [-0.2, 0) is 6.54 Å². The van der Waals surface area contributed by atoms with Gasteiger partial charge in [0.1, 0.15) is 18.2 Å². The Kier molecular flexibility index (Phi) is 5.49. The summed E-state index contributed by atoms with van der Waals surface area (Å²) in [5.41, 5.74) is 1.20. The third-order valence-corrected chi connectivity index (χ3v) is 3.46. The first-order chi connectivity index (χ1) is 10.1. The van der Waals surface area contributed by atoms with Crippen LogP contribution in [0.5, 0.6) is 5.75 Å². The summed E-state index contributed by atoms with van der Waals surface area (Å²) in [4.78, 5) is 0. The first-order valence-corrected chi connectivity index (χ1v) is 7.31. The summed E-state index contributed by atoms with van der Waals surface area (Å²) in [6.07, 6.45) is 5.19. The van der Waals surface area contributed by atoms with Gasteiger partial charge in [-0.05, 0) is 36.4 Å². The number of terminal acetylenes is 1. The number of nitrogens with one attached hydrogen (secondary N) is 1. The number of anilines is 1. The predicted molar refractivity (Wildman–Crippen MR) is 87.2 cm³/mol. The van der Waals surface area contributed by atoms with E-state index >= 15 is 0 Å². The Morgan fingerprint density at radius 2 is 2.10 bits per heavy atom. The molecule has 0 unspecified atom stereocenters.